The van der Waals surface area contributed by atoms with Crippen molar-refractivity contribution in [1.29, 1.82) is 0 Å². The molecule has 1 aliphatic rings. The maximum atomic E-state index is 13.2. The van der Waals surface area contributed by atoms with Crippen LogP contribution in [0.3, 0.4) is 0 Å². The fourth-order valence-electron chi connectivity index (χ4n) is 6.22. The highest BCUT2D eigenvalue weighted by molar-refractivity contribution is 5.81. The summed E-state index contributed by atoms with van der Waals surface area (Å²) in [5.74, 6) is 1.01. The van der Waals surface area contributed by atoms with E-state index in [0.717, 1.165) is 80.6 Å². The number of aryl methyl sites for hydroxylation is 4. The minimum absolute atomic E-state index is 0.276. The van der Waals surface area contributed by atoms with Crippen molar-refractivity contribution in [3.8, 4) is 16.9 Å². The van der Waals surface area contributed by atoms with Crippen molar-refractivity contribution in [2.24, 2.45) is 0 Å². The number of methoxy groups -OCH3 is 1. The molecule has 0 radical (unpaired) electrons. The van der Waals surface area contributed by atoms with Crippen molar-refractivity contribution in [2.75, 3.05) is 26.8 Å². The third-order valence-electron chi connectivity index (χ3n) is 8.40. The third kappa shape index (κ3) is 6.26. The highest BCUT2D eigenvalue weighted by atomic mass is 16.5. The van der Waals surface area contributed by atoms with Crippen LogP contribution < -0.4 is 0 Å². The summed E-state index contributed by atoms with van der Waals surface area (Å²) in [7, 11) is 1.76. The summed E-state index contributed by atoms with van der Waals surface area (Å²) in [6, 6.07) is 23.6. The van der Waals surface area contributed by atoms with Crippen LogP contribution in [0.2, 0.25) is 0 Å². The molecular formula is C35H42N2O3. The van der Waals surface area contributed by atoms with Crippen LogP contribution in [0.5, 0.6) is 5.75 Å². The van der Waals surface area contributed by atoms with E-state index >= 15 is 0 Å². The zero-order valence-corrected chi connectivity index (χ0v) is 24.2. The van der Waals surface area contributed by atoms with E-state index in [1.165, 1.54) is 22.2 Å². The molecule has 0 bridgehead atoms. The second-order valence-electron chi connectivity index (χ2n) is 11.3. The average molecular weight is 539 g/mol. The number of ether oxygens (including phenoxy) is 1. The number of carbonyl (C=O) groups excluding carboxylic acids is 1. The van der Waals surface area contributed by atoms with Crippen LogP contribution >= 0.6 is 0 Å². The molecule has 1 aliphatic heterocycles. The summed E-state index contributed by atoms with van der Waals surface area (Å²) in [4.78, 5) is 15.3. The van der Waals surface area contributed by atoms with Crippen molar-refractivity contribution in [3.05, 3.63) is 89.1 Å². The van der Waals surface area contributed by atoms with Crippen LogP contribution in [0.4, 0.5) is 0 Å². The molecule has 4 aromatic rings. The number of hydrogen-bond acceptors (Lipinski definition) is 3. The number of para-hydroxylation sites is 1. The van der Waals surface area contributed by atoms with Gasteiger partial charge in [-0.05, 0) is 103 Å². The summed E-state index contributed by atoms with van der Waals surface area (Å²) in [5, 5.41) is 11.4. The van der Waals surface area contributed by atoms with Gasteiger partial charge in [0.05, 0.1) is 0 Å². The molecule has 1 aromatic heterocycles. The molecule has 1 atom stereocenters. The van der Waals surface area contributed by atoms with Gasteiger partial charge in [-0.15, -0.1) is 0 Å². The summed E-state index contributed by atoms with van der Waals surface area (Å²) in [6.45, 7) is 7.22. The Morgan fingerprint density at radius 2 is 1.73 bits per heavy atom. The van der Waals surface area contributed by atoms with E-state index in [1.807, 2.05) is 26.0 Å². The van der Waals surface area contributed by atoms with Crippen molar-refractivity contribution in [3.63, 3.8) is 0 Å². The Labute approximate surface area is 238 Å². The fraction of sp³-hybridized carbons (Fsp3) is 0.400. The first-order chi connectivity index (χ1) is 19.4. The first-order valence-corrected chi connectivity index (χ1v) is 14.7. The smallest absolute Gasteiger partial charge is 0.222 e. The summed E-state index contributed by atoms with van der Waals surface area (Å²) >= 11 is 0. The normalized spacial score (nSPS) is 15.6. The number of amides is 1. The molecule has 5 nitrogen and oxygen atoms in total. The number of nitrogens with zero attached hydrogens (tertiary/aromatic N) is 2. The van der Waals surface area contributed by atoms with Crippen molar-refractivity contribution >= 4 is 16.8 Å². The zero-order chi connectivity index (χ0) is 28.1. The highest BCUT2D eigenvalue weighted by Crippen LogP contribution is 2.33. The maximum absolute atomic E-state index is 13.2. The lowest BCUT2D eigenvalue weighted by Gasteiger charge is -2.33. The molecule has 0 saturated carbocycles. The van der Waals surface area contributed by atoms with E-state index in [1.54, 1.807) is 7.11 Å². The van der Waals surface area contributed by atoms with Crippen LogP contribution in [0, 0.1) is 13.8 Å². The van der Waals surface area contributed by atoms with E-state index < -0.39 is 0 Å². The second kappa shape index (κ2) is 12.7. The number of piperidine rings is 1. The van der Waals surface area contributed by atoms with Gasteiger partial charge >= 0.3 is 0 Å². The van der Waals surface area contributed by atoms with Crippen molar-refractivity contribution in [2.45, 2.75) is 64.8 Å². The van der Waals surface area contributed by atoms with Gasteiger partial charge in [0, 0.05) is 56.9 Å². The quantitative estimate of drug-likeness (QED) is 0.214. The number of likely N-dealkylation sites (tertiary alicyclic amines) is 1. The Hall–Kier alpha value is -3.57. The topological polar surface area (TPSA) is 54.7 Å². The molecule has 5 heteroatoms. The van der Waals surface area contributed by atoms with E-state index in [2.05, 4.69) is 64.1 Å². The Balaban J connectivity index is 1.18. The first-order valence-electron chi connectivity index (χ1n) is 14.7. The summed E-state index contributed by atoms with van der Waals surface area (Å²) in [5.41, 5.74) is 7.93. The molecule has 40 heavy (non-hydrogen) atoms. The number of fused-ring (bicyclic) bond motifs is 1. The fourth-order valence-corrected chi connectivity index (χ4v) is 6.22. The standard InChI is InChI=1S/C35H42N2O3/c1-25-21-31(22-26(2)35(25)39)28-16-14-27(15-17-28)9-6-13-34(38)36-18-7-11-30(24-36)33-23-29-10-4-5-12-32(29)37(33)19-8-20-40-3/h4-5,10,12,14-17,21-23,30,39H,6-9,11,13,18-20,24H2,1-3H3. The van der Waals surface area contributed by atoms with E-state index in [9.17, 15) is 9.90 Å². The van der Waals surface area contributed by atoms with Gasteiger partial charge in [-0.25, -0.2) is 0 Å². The van der Waals surface area contributed by atoms with Crippen molar-refractivity contribution < 1.29 is 14.6 Å². The molecule has 210 valence electrons. The Morgan fingerprint density at radius 1 is 0.975 bits per heavy atom. The lowest BCUT2D eigenvalue weighted by atomic mass is 9.94. The number of phenolic OH excluding ortho intramolecular Hbond substituents is 1. The van der Waals surface area contributed by atoms with Crippen molar-refractivity contribution in [1.82, 2.24) is 9.47 Å². The van der Waals surface area contributed by atoms with Crippen LogP contribution in [0.1, 0.15) is 60.4 Å². The van der Waals surface area contributed by atoms with Gasteiger partial charge < -0.3 is 19.3 Å². The van der Waals surface area contributed by atoms with Gasteiger partial charge in [0.2, 0.25) is 5.91 Å². The Morgan fingerprint density at radius 3 is 2.48 bits per heavy atom. The van der Waals surface area contributed by atoms with Gasteiger partial charge in [0.15, 0.2) is 0 Å². The molecule has 2 heterocycles. The number of carbonyl (C=O) groups is 1. The molecule has 1 saturated heterocycles. The molecule has 1 amide bonds. The number of phenols is 1. The summed E-state index contributed by atoms with van der Waals surface area (Å²) in [6.07, 6.45) is 5.48. The predicted molar refractivity (Wildman–Crippen MR) is 163 cm³/mol. The third-order valence-corrected chi connectivity index (χ3v) is 8.40. The first kappa shape index (κ1) is 28.0. The average Bonchev–Trinajstić information content (AvgIpc) is 3.35. The molecule has 0 aliphatic carbocycles. The summed E-state index contributed by atoms with van der Waals surface area (Å²) < 4.78 is 7.78. The lowest BCUT2D eigenvalue weighted by Crippen LogP contribution is -2.39. The number of aromatic hydroxyl groups is 1. The molecule has 1 fully saturated rings. The van der Waals surface area contributed by atoms with Crippen LogP contribution in [0.15, 0.2) is 66.7 Å². The minimum Gasteiger partial charge on any atom is -0.507 e. The minimum atomic E-state index is 0.276. The van der Waals surface area contributed by atoms with Gasteiger partial charge in [-0.2, -0.15) is 0 Å². The maximum Gasteiger partial charge on any atom is 0.222 e. The number of benzene rings is 3. The largest absolute Gasteiger partial charge is 0.507 e. The molecule has 3 aromatic carbocycles. The van der Waals surface area contributed by atoms with Crippen LogP contribution in [-0.2, 0) is 22.5 Å². The van der Waals surface area contributed by atoms with Gasteiger partial charge in [-0.3, -0.25) is 4.79 Å². The van der Waals surface area contributed by atoms with E-state index in [0.29, 0.717) is 18.1 Å². The number of rotatable bonds is 10. The monoisotopic (exact) mass is 538 g/mol. The van der Waals surface area contributed by atoms with Gasteiger partial charge in [0.25, 0.3) is 0 Å². The molecule has 1 N–H and O–H groups in total. The van der Waals surface area contributed by atoms with Gasteiger partial charge in [-0.1, -0.05) is 42.5 Å². The Bertz CT molecular complexity index is 1430. The van der Waals surface area contributed by atoms with Gasteiger partial charge in [0.1, 0.15) is 5.75 Å². The van der Waals surface area contributed by atoms with E-state index in [-0.39, 0.29) is 5.91 Å². The van der Waals surface area contributed by atoms with Crippen LogP contribution in [-0.4, -0.2) is 47.3 Å². The second-order valence-corrected chi connectivity index (χ2v) is 11.3. The molecular weight excluding hydrogens is 496 g/mol. The number of hydrogen-bond donors (Lipinski definition) is 1. The molecule has 1 unspecified atom stereocenters. The highest BCUT2D eigenvalue weighted by Gasteiger charge is 2.27. The Kier molecular flexibility index (Phi) is 8.91. The zero-order valence-electron chi connectivity index (χ0n) is 24.2. The molecule has 0 spiro atoms. The van der Waals surface area contributed by atoms with Crippen LogP contribution in [0.25, 0.3) is 22.0 Å². The lowest BCUT2D eigenvalue weighted by molar-refractivity contribution is -0.132. The molecule has 5 rings (SSSR count). The SMILES string of the molecule is COCCCn1c(C2CCCN(C(=O)CCCc3ccc(-c4cc(C)c(O)c(C)c4)cc3)C2)cc2ccccc21. The predicted octanol–water partition coefficient (Wildman–Crippen LogP) is 7.40. The van der Waals surface area contributed by atoms with E-state index in [4.69, 9.17) is 4.74 Å². The number of aromatic nitrogens is 1.